The van der Waals surface area contributed by atoms with Gasteiger partial charge in [-0.2, -0.15) is 0 Å². The highest BCUT2D eigenvalue weighted by Gasteiger charge is 2.11. The van der Waals surface area contributed by atoms with E-state index in [0.29, 0.717) is 31.3 Å². The van der Waals surface area contributed by atoms with Crippen molar-refractivity contribution < 1.29 is 18.7 Å². The summed E-state index contributed by atoms with van der Waals surface area (Å²) in [6.45, 7) is 5.11. The van der Waals surface area contributed by atoms with Gasteiger partial charge in [-0.25, -0.2) is 4.98 Å². The maximum Gasteiger partial charge on any atom is 0.315 e. The van der Waals surface area contributed by atoms with E-state index in [-0.39, 0.29) is 5.97 Å². The van der Waals surface area contributed by atoms with Gasteiger partial charge in [0.1, 0.15) is 5.76 Å². The van der Waals surface area contributed by atoms with E-state index in [0.717, 1.165) is 22.8 Å². The first-order chi connectivity index (χ1) is 12.6. The van der Waals surface area contributed by atoms with E-state index in [2.05, 4.69) is 16.6 Å². The molecule has 0 radical (unpaired) electrons. The van der Waals surface area contributed by atoms with Gasteiger partial charge in [0.05, 0.1) is 31.8 Å². The number of ether oxygens (including phenoxy) is 2. The Kier molecular flexibility index (Phi) is 8.44. The van der Waals surface area contributed by atoms with Gasteiger partial charge in [0, 0.05) is 17.7 Å². The van der Waals surface area contributed by atoms with Crippen molar-refractivity contribution in [2.45, 2.75) is 20.3 Å². The van der Waals surface area contributed by atoms with Crippen molar-refractivity contribution in [1.29, 1.82) is 0 Å². The maximum absolute atomic E-state index is 10.9. The van der Waals surface area contributed by atoms with Gasteiger partial charge in [-0.3, -0.25) is 4.79 Å². The number of rotatable bonds is 10. The van der Waals surface area contributed by atoms with Crippen LogP contribution in [0.5, 0.6) is 0 Å². The average Bonchev–Trinajstić information content (AvgIpc) is 3.01. The number of hydrogen-bond donors (Lipinski definition) is 0. The smallest absolute Gasteiger partial charge is 0.315 e. The highest BCUT2D eigenvalue weighted by atomic mass is 32.2. The fourth-order valence-corrected chi connectivity index (χ4v) is 2.88. The molecule has 0 N–H and O–H groups in total. The Hall–Kier alpha value is -2.05. The lowest BCUT2D eigenvalue weighted by Crippen LogP contribution is -2.03. The summed E-state index contributed by atoms with van der Waals surface area (Å²) >= 11 is 1.51. The predicted octanol–water partition coefficient (Wildman–Crippen LogP) is 3.98. The van der Waals surface area contributed by atoms with Crippen molar-refractivity contribution in [2.75, 3.05) is 31.8 Å². The molecular formula is C20H25NO4S. The molecule has 2 rings (SSSR count). The zero-order chi connectivity index (χ0) is 18.8. The standard InChI is InChI=1S/C20H25NO4S/c1-15-6-8-17(9-7-15)20-21-18(16(2)25-20)10-12-24-11-4-5-13-26-14-19(22)23-3/h4-9H,10-14H2,1-3H3/b5-4+. The number of aryl methyl sites for hydroxylation is 2. The topological polar surface area (TPSA) is 61.6 Å². The van der Waals surface area contributed by atoms with Crippen LogP contribution in [0.3, 0.4) is 0 Å². The molecule has 0 saturated carbocycles. The monoisotopic (exact) mass is 375 g/mol. The average molecular weight is 375 g/mol. The molecule has 26 heavy (non-hydrogen) atoms. The van der Waals surface area contributed by atoms with Gasteiger partial charge in [0.15, 0.2) is 0 Å². The normalized spacial score (nSPS) is 11.2. The number of esters is 1. The second-order valence-electron chi connectivity index (χ2n) is 5.78. The van der Waals surface area contributed by atoms with Gasteiger partial charge in [0.25, 0.3) is 0 Å². The van der Waals surface area contributed by atoms with Crippen LogP contribution in [0.15, 0.2) is 40.8 Å². The van der Waals surface area contributed by atoms with Crippen LogP contribution in [0.25, 0.3) is 11.5 Å². The van der Waals surface area contributed by atoms with Crippen molar-refractivity contribution in [3.63, 3.8) is 0 Å². The molecule has 6 heteroatoms. The maximum atomic E-state index is 10.9. The van der Waals surface area contributed by atoms with Crippen molar-refractivity contribution >= 4 is 17.7 Å². The number of hydrogen-bond acceptors (Lipinski definition) is 6. The largest absolute Gasteiger partial charge is 0.468 e. The minimum atomic E-state index is -0.201. The van der Waals surface area contributed by atoms with Crippen LogP contribution < -0.4 is 0 Å². The van der Waals surface area contributed by atoms with Crippen LogP contribution in [0, 0.1) is 13.8 Å². The molecule has 0 aliphatic heterocycles. The van der Waals surface area contributed by atoms with Gasteiger partial charge in [-0.15, -0.1) is 11.8 Å². The van der Waals surface area contributed by atoms with E-state index < -0.39 is 0 Å². The SMILES string of the molecule is COC(=O)CSC/C=C/COCCc1nc(-c2ccc(C)cc2)oc1C. The molecule has 0 aliphatic rings. The highest BCUT2D eigenvalue weighted by molar-refractivity contribution is 8.00. The molecule has 0 unspecified atom stereocenters. The molecule has 0 atom stereocenters. The minimum Gasteiger partial charge on any atom is -0.468 e. The highest BCUT2D eigenvalue weighted by Crippen LogP contribution is 2.22. The summed E-state index contributed by atoms with van der Waals surface area (Å²) in [4.78, 5) is 15.5. The van der Waals surface area contributed by atoms with Gasteiger partial charge in [-0.1, -0.05) is 29.8 Å². The molecule has 0 saturated heterocycles. The third kappa shape index (κ3) is 6.69. The number of carbonyl (C=O) groups is 1. The number of methoxy groups -OCH3 is 1. The molecule has 0 amide bonds. The van der Waals surface area contributed by atoms with Crippen LogP contribution in [0.1, 0.15) is 17.0 Å². The zero-order valence-corrected chi connectivity index (χ0v) is 16.3. The fourth-order valence-electron chi connectivity index (χ4n) is 2.21. The number of carbonyl (C=O) groups excluding carboxylic acids is 1. The number of thioether (sulfide) groups is 1. The van der Waals surface area contributed by atoms with E-state index in [1.165, 1.54) is 24.4 Å². The number of benzene rings is 1. The minimum absolute atomic E-state index is 0.201. The Bertz CT molecular complexity index is 722. The van der Waals surface area contributed by atoms with E-state index in [1.807, 2.05) is 43.3 Å². The predicted molar refractivity (Wildman–Crippen MR) is 104 cm³/mol. The van der Waals surface area contributed by atoms with Crippen molar-refractivity contribution in [2.24, 2.45) is 0 Å². The molecule has 0 fully saturated rings. The summed E-state index contributed by atoms with van der Waals surface area (Å²) < 4.78 is 15.9. The fraction of sp³-hybridized carbons (Fsp3) is 0.400. The second-order valence-corrected chi connectivity index (χ2v) is 6.81. The summed E-state index contributed by atoms with van der Waals surface area (Å²) in [5.74, 6) is 2.42. The summed E-state index contributed by atoms with van der Waals surface area (Å²) in [5.41, 5.74) is 3.12. The zero-order valence-electron chi connectivity index (χ0n) is 15.5. The third-order valence-corrected chi connectivity index (χ3v) is 4.58. The summed E-state index contributed by atoms with van der Waals surface area (Å²) in [6, 6.07) is 8.13. The van der Waals surface area contributed by atoms with Crippen LogP contribution in [0.4, 0.5) is 0 Å². The number of nitrogens with zero attached hydrogens (tertiary/aromatic N) is 1. The molecule has 5 nitrogen and oxygen atoms in total. The number of oxazole rings is 1. The third-order valence-electron chi connectivity index (χ3n) is 3.72. The first-order valence-electron chi connectivity index (χ1n) is 8.50. The van der Waals surface area contributed by atoms with Crippen LogP contribution >= 0.6 is 11.8 Å². The Morgan fingerprint density at radius 3 is 2.73 bits per heavy atom. The van der Waals surface area contributed by atoms with Crippen molar-refractivity contribution in [3.05, 3.63) is 53.4 Å². The van der Waals surface area contributed by atoms with Crippen LogP contribution in [-0.4, -0.2) is 42.8 Å². The van der Waals surface area contributed by atoms with Crippen molar-refractivity contribution in [1.82, 2.24) is 4.98 Å². The Labute approximate surface area is 158 Å². The number of aromatic nitrogens is 1. The lowest BCUT2D eigenvalue weighted by Gasteiger charge is -1.99. The van der Waals surface area contributed by atoms with E-state index >= 15 is 0 Å². The molecule has 0 spiro atoms. The molecule has 1 heterocycles. The first kappa shape index (κ1) is 20.3. The van der Waals surface area contributed by atoms with Crippen LogP contribution in [-0.2, 0) is 20.7 Å². The van der Waals surface area contributed by atoms with Gasteiger partial charge in [0.2, 0.25) is 5.89 Å². The summed E-state index contributed by atoms with van der Waals surface area (Å²) in [5, 5.41) is 0. The van der Waals surface area contributed by atoms with Gasteiger partial charge < -0.3 is 13.9 Å². The molecular weight excluding hydrogens is 350 g/mol. The molecule has 1 aromatic carbocycles. The Morgan fingerprint density at radius 1 is 1.23 bits per heavy atom. The molecule has 2 aromatic rings. The Morgan fingerprint density at radius 2 is 2.00 bits per heavy atom. The molecule has 0 bridgehead atoms. The first-order valence-corrected chi connectivity index (χ1v) is 9.66. The van der Waals surface area contributed by atoms with E-state index in [1.54, 1.807) is 0 Å². The Balaban J connectivity index is 1.68. The summed E-state index contributed by atoms with van der Waals surface area (Å²) in [6.07, 6.45) is 4.66. The molecule has 140 valence electrons. The van der Waals surface area contributed by atoms with Gasteiger partial charge in [-0.05, 0) is 26.0 Å². The quantitative estimate of drug-likeness (QED) is 0.356. The lowest BCUT2D eigenvalue weighted by molar-refractivity contribution is -0.137. The van der Waals surface area contributed by atoms with Crippen LogP contribution in [0.2, 0.25) is 0 Å². The second kappa shape index (κ2) is 10.8. The van der Waals surface area contributed by atoms with Crippen molar-refractivity contribution in [3.8, 4) is 11.5 Å². The van der Waals surface area contributed by atoms with Gasteiger partial charge >= 0.3 is 5.97 Å². The lowest BCUT2D eigenvalue weighted by atomic mass is 10.1. The molecule has 0 aliphatic carbocycles. The summed E-state index contributed by atoms with van der Waals surface area (Å²) in [7, 11) is 1.40. The molecule has 1 aromatic heterocycles. The van der Waals surface area contributed by atoms with E-state index in [9.17, 15) is 4.79 Å². The van der Waals surface area contributed by atoms with E-state index in [4.69, 9.17) is 9.15 Å².